The number of nitrogens with zero attached hydrogens (tertiary/aromatic N) is 1. The van der Waals surface area contributed by atoms with Gasteiger partial charge in [-0.1, -0.05) is 18.2 Å². The number of para-hydroxylation sites is 2. The van der Waals surface area contributed by atoms with Crippen molar-refractivity contribution in [3.8, 4) is 0 Å². The molecule has 0 bridgehead atoms. The number of fused-ring (bicyclic) bond motifs is 1. The van der Waals surface area contributed by atoms with Crippen molar-refractivity contribution < 1.29 is 4.79 Å². The van der Waals surface area contributed by atoms with Crippen LogP contribution in [0.5, 0.6) is 0 Å². The Hall–Kier alpha value is -1.89. The van der Waals surface area contributed by atoms with Crippen molar-refractivity contribution in [1.82, 2.24) is 15.3 Å². The average molecular weight is 391 g/mol. The normalized spacial score (nSPS) is 12.3. The molecule has 0 aliphatic heterocycles. The Balaban J connectivity index is 1.79. The van der Waals surface area contributed by atoms with Gasteiger partial charge in [0.15, 0.2) is 0 Å². The number of amides is 1. The first-order valence-electron chi connectivity index (χ1n) is 6.64. The zero-order valence-electron chi connectivity index (χ0n) is 11.4. The van der Waals surface area contributed by atoms with Crippen molar-refractivity contribution in [2.45, 2.75) is 13.0 Å². The van der Waals surface area contributed by atoms with E-state index in [4.69, 9.17) is 0 Å². The fourth-order valence-electron chi connectivity index (χ4n) is 2.16. The number of hydrogen-bond donors (Lipinski definition) is 2. The summed E-state index contributed by atoms with van der Waals surface area (Å²) in [6.07, 6.45) is 0. The Labute approximate surface area is 136 Å². The molecule has 1 amide bonds. The van der Waals surface area contributed by atoms with Gasteiger partial charge in [0, 0.05) is 9.13 Å². The fraction of sp³-hybridized carbons (Fsp3) is 0.125. The van der Waals surface area contributed by atoms with E-state index in [0.717, 1.165) is 20.4 Å². The zero-order chi connectivity index (χ0) is 14.8. The van der Waals surface area contributed by atoms with Crippen LogP contribution in [0.2, 0.25) is 0 Å². The highest BCUT2D eigenvalue weighted by Gasteiger charge is 2.14. The van der Waals surface area contributed by atoms with Gasteiger partial charge < -0.3 is 10.3 Å². The van der Waals surface area contributed by atoms with Crippen LogP contribution in [-0.2, 0) is 0 Å². The van der Waals surface area contributed by atoms with E-state index in [0.29, 0.717) is 5.56 Å². The second-order valence-electron chi connectivity index (χ2n) is 4.84. The molecule has 3 aromatic rings. The van der Waals surface area contributed by atoms with Gasteiger partial charge in [-0.2, -0.15) is 0 Å². The number of nitrogens with one attached hydrogen (secondary N) is 2. The molecule has 0 radical (unpaired) electrons. The van der Waals surface area contributed by atoms with Gasteiger partial charge in [-0.15, -0.1) is 0 Å². The van der Waals surface area contributed by atoms with Crippen LogP contribution in [0.3, 0.4) is 0 Å². The highest BCUT2D eigenvalue weighted by molar-refractivity contribution is 14.1. The molecule has 0 aliphatic rings. The predicted molar refractivity (Wildman–Crippen MR) is 91.1 cm³/mol. The summed E-state index contributed by atoms with van der Waals surface area (Å²) in [7, 11) is 0. The molecule has 4 nitrogen and oxygen atoms in total. The number of carbonyl (C=O) groups excluding carboxylic acids is 1. The number of imidazole rings is 1. The van der Waals surface area contributed by atoms with Crippen molar-refractivity contribution in [2.24, 2.45) is 0 Å². The third kappa shape index (κ3) is 3.07. The molecule has 1 unspecified atom stereocenters. The lowest BCUT2D eigenvalue weighted by atomic mass is 10.2. The molecule has 3 rings (SSSR count). The summed E-state index contributed by atoms with van der Waals surface area (Å²) in [6.45, 7) is 1.92. The number of aromatic nitrogens is 2. The third-order valence-corrected chi connectivity index (χ3v) is 3.92. The minimum atomic E-state index is -0.178. The van der Waals surface area contributed by atoms with Gasteiger partial charge in [0.25, 0.3) is 5.91 Å². The smallest absolute Gasteiger partial charge is 0.251 e. The molecule has 0 saturated carbocycles. The van der Waals surface area contributed by atoms with Gasteiger partial charge in [0.2, 0.25) is 0 Å². The molecule has 1 atom stereocenters. The lowest BCUT2D eigenvalue weighted by molar-refractivity contribution is 0.0938. The Morgan fingerprint density at radius 3 is 2.81 bits per heavy atom. The summed E-state index contributed by atoms with van der Waals surface area (Å²) in [5, 5.41) is 2.96. The minimum absolute atomic E-state index is 0.0959. The van der Waals surface area contributed by atoms with Gasteiger partial charge in [-0.05, 0) is 59.8 Å². The Morgan fingerprint density at radius 1 is 1.24 bits per heavy atom. The molecular formula is C16H14IN3O. The highest BCUT2D eigenvalue weighted by Crippen LogP contribution is 2.16. The second-order valence-corrected chi connectivity index (χ2v) is 6.09. The number of aromatic amines is 1. The minimum Gasteiger partial charge on any atom is -0.342 e. The lowest BCUT2D eigenvalue weighted by Gasteiger charge is -2.11. The lowest BCUT2D eigenvalue weighted by Crippen LogP contribution is -2.27. The molecule has 2 aromatic carbocycles. The summed E-state index contributed by atoms with van der Waals surface area (Å²) in [4.78, 5) is 20.0. The van der Waals surface area contributed by atoms with E-state index in [1.54, 1.807) is 0 Å². The Kier molecular flexibility index (Phi) is 3.92. The van der Waals surface area contributed by atoms with Crippen LogP contribution in [0.25, 0.3) is 11.0 Å². The number of rotatable bonds is 3. The van der Waals surface area contributed by atoms with Crippen LogP contribution in [0.15, 0.2) is 48.5 Å². The molecule has 2 N–H and O–H groups in total. The molecule has 0 fully saturated rings. The van der Waals surface area contributed by atoms with E-state index >= 15 is 0 Å². The highest BCUT2D eigenvalue weighted by atomic mass is 127. The first-order valence-corrected chi connectivity index (χ1v) is 7.72. The van der Waals surface area contributed by atoms with Crippen LogP contribution in [0.1, 0.15) is 29.1 Å². The quantitative estimate of drug-likeness (QED) is 0.670. The third-order valence-electron chi connectivity index (χ3n) is 3.25. The summed E-state index contributed by atoms with van der Waals surface area (Å²) in [5.41, 5.74) is 2.54. The van der Waals surface area contributed by atoms with Crippen LogP contribution in [-0.4, -0.2) is 15.9 Å². The van der Waals surface area contributed by atoms with E-state index in [-0.39, 0.29) is 11.9 Å². The number of hydrogen-bond acceptors (Lipinski definition) is 2. The average Bonchev–Trinajstić information content (AvgIpc) is 2.91. The van der Waals surface area contributed by atoms with Crippen molar-refractivity contribution in [1.29, 1.82) is 0 Å². The monoisotopic (exact) mass is 391 g/mol. The molecule has 1 heterocycles. The molecule has 0 saturated heterocycles. The maximum Gasteiger partial charge on any atom is 0.251 e. The summed E-state index contributed by atoms with van der Waals surface area (Å²) in [6, 6.07) is 15.2. The fourth-order valence-corrected chi connectivity index (χ4v) is 2.70. The molecule has 1 aromatic heterocycles. The number of halogens is 1. The number of H-pyrrole nitrogens is 1. The van der Waals surface area contributed by atoms with E-state index in [9.17, 15) is 4.79 Å². The van der Waals surface area contributed by atoms with Gasteiger partial charge in [0.1, 0.15) is 5.82 Å². The van der Waals surface area contributed by atoms with E-state index in [1.807, 2.05) is 55.5 Å². The largest absolute Gasteiger partial charge is 0.342 e. The van der Waals surface area contributed by atoms with Gasteiger partial charge in [0.05, 0.1) is 17.1 Å². The van der Waals surface area contributed by atoms with Gasteiger partial charge in [-0.3, -0.25) is 4.79 Å². The summed E-state index contributed by atoms with van der Waals surface area (Å²) in [5.74, 6) is 0.664. The molecule has 0 aliphatic carbocycles. The number of benzene rings is 2. The maximum atomic E-state index is 12.2. The standard InChI is InChI=1S/C16H14IN3O/c1-10(15-19-13-7-2-3-8-14(13)20-15)18-16(21)11-5-4-6-12(17)9-11/h2-10H,1H3,(H,18,21)(H,19,20). The SMILES string of the molecule is CC(NC(=O)c1cccc(I)c1)c1nc2ccccc2[nH]1. The summed E-state index contributed by atoms with van der Waals surface area (Å²) >= 11 is 2.19. The topological polar surface area (TPSA) is 57.8 Å². The molecule has 0 spiro atoms. The number of carbonyl (C=O) groups is 1. The van der Waals surface area contributed by atoms with Gasteiger partial charge in [-0.25, -0.2) is 4.98 Å². The van der Waals surface area contributed by atoms with Crippen LogP contribution < -0.4 is 5.32 Å². The van der Waals surface area contributed by atoms with Crippen molar-refractivity contribution in [2.75, 3.05) is 0 Å². The van der Waals surface area contributed by atoms with Crippen LogP contribution in [0, 0.1) is 3.57 Å². The first kappa shape index (κ1) is 14.1. The van der Waals surface area contributed by atoms with Gasteiger partial charge >= 0.3 is 0 Å². The van der Waals surface area contributed by atoms with E-state index < -0.39 is 0 Å². The Morgan fingerprint density at radius 2 is 2.05 bits per heavy atom. The Bertz CT molecular complexity index is 764. The first-order chi connectivity index (χ1) is 10.1. The zero-order valence-corrected chi connectivity index (χ0v) is 13.6. The van der Waals surface area contributed by atoms with Crippen molar-refractivity contribution >= 4 is 39.5 Å². The van der Waals surface area contributed by atoms with Crippen LogP contribution >= 0.6 is 22.6 Å². The molecule has 21 heavy (non-hydrogen) atoms. The van der Waals surface area contributed by atoms with E-state index in [2.05, 4.69) is 37.9 Å². The van der Waals surface area contributed by atoms with Crippen molar-refractivity contribution in [3.63, 3.8) is 0 Å². The second kappa shape index (κ2) is 5.85. The van der Waals surface area contributed by atoms with Crippen LogP contribution in [0.4, 0.5) is 0 Å². The maximum absolute atomic E-state index is 12.2. The van der Waals surface area contributed by atoms with Crippen molar-refractivity contribution in [3.05, 3.63) is 63.5 Å². The predicted octanol–water partition coefficient (Wildman–Crippen LogP) is 3.66. The summed E-state index contributed by atoms with van der Waals surface area (Å²) < 4.78 is 1.04. The van der Waals surface area contributed by atoms with E-state index in [1.165, 1.54) is 0 Å². The molecule has 106 valence electrons. The molecule has 5 heteroatoms. The molecular weight excluding hydrogens is 377 g/mol.